The molecule has 0 unspecified atom stereocenters. The molecule has 0 fully saturated rings. The number of carbonyl (C=O) groups excluding carboxylic acids is 1. The van der Waals surface area contributed by atoms with Gasteiger partial charge in [-0.1, -0.05) is 54.2 Å². The normalized spacial score (nSPS) is 10.9. The summed E-state index contributed by atoms with van der Waals surface area (Å²) in [5.41, 5.74) is 2.10. The molecule has 6 nitrogen and oxygen atoms in total. The molecule has 0 aliphatic carbocycles. The van der Waals surface area contributed by atoms with Gasteiger partial charge < -0.3 is 11.2 Å². The van der Waals surface area contributed by atoms with Crippen LogP contribution in [0.15, 0.2) is 74.4 Å². The Morgan fingerprint density at radius 2 is 1.90 bits per heavy atom. The van der Waals surface area contributed by atoms with Gasteiger partial charge in [-0.05, 0) is 33.6 Å². The van der Waals surface area contributed by atoms with Crippen molar-refractivity contribution in [2.45, 2.75) is 5.16 Å². The highest BCUT2D eigenvalue weighted by atomic mass is 79.9. The zero-order valence-corrected chi connectivity index (χ0v) is 18.2. The van der Waals surface area contributed by atoms with Gasteiger partial charge in [-0.3, -0.25) is 9.59 Å². The molecule has 4 rings (SSSR count). The number of nitrogens with two attached hydrogens (primary N) is 1. The molecule has 2 aromatic heterocycles. The maximum atomic E-state index is 12.9. The number of hydrogen-bond donors (Lipinski definition) is 2. The zero-order valence-electron chi connectivity index (χ0n) is 15.0. The minimum absolute atomic E-state index is 0.0768. The van der Waals surface area contributed by atoms with Crippen LogP contribution < -0.4 is 16.7 Å². The van der Waals surface area contributed by atoms with Gasteiger partial charge in [0.15, 0.2) is 5.16 Å². The fourth-order valence-corrected chi connectivity index (χ4v) is 4.89. The molecule has 29 heavy (non-hydrogen) atoms. The summed E-state index contributed by atoms with van der Waals surface area (Å²) < 4.78 is 1.80. The number of nitrogens with zero attached hydrogens (tertiary/aromatic N) is 2. The highest BCUT2D eigenvalue weighted by Crippen LogP contribution is 2.31. The van der Waals surface area contributed by atoms with Gasteiger partial charge in [0.1, 0.15) is 4.83 Å². The smallest absolute Gasteiger partial charge is 0.282 e. The number of rotatable bonds is 5. The molecule has 146 valence electrons. The Bertz CT molecular complexity index is 1250. The van der Waals surface area contributed by atoms with E-state index >= 15 is 0 Å². The zero-order chi connectivity index (χ0) is 20.4. The van der Waals surface area contributed by atoms with E-state index in [9.17, 15) is 9.59 Å². The maximum absolute atomic E-state index is 12.9. The molecular weight excluding hydrogens is 472 g/mol. The summed E-state index contributed by atoms with van der Waals surface area (Å²) in [4.78, 5) is 30.3. The van der Waals surface area contributed by atoms with Crippen molar-refractivity contribution in [3.63, 3.8) is 0 Å². The molecule has 1 amide bonds. The maximum Gasteiger partial charge on any atom is 0.282 e. The van der Waals surface area contributed by atoms with E-state index < -0.39 is 0 Å². The average molecular weight is 487 g/mol. The molecule has 0 aliphatic rings. The minimum atomic E-state index is -0.330. The Morgan fingerprint density at radius 3 is 2.66 bits per heavy atom. The Balaban J connectivity index is 1.58. The molecule has 0 saturated carbocycles. The van der Waals surface area contributed by atoms with Crippen LogP contribution in [-0.2, 0) is 4.79 Å². The van der Waals surface area contributed by atoms with Crippen molar-refractivity contribution in [2.75, 3.05) is 16.9 Å². The van der Waals surface area contributed by atoms with Gasteiger partial charge >= 0.3 is 0 Å². The summed E-state index contributed by atoms with van der Waals surface area (Å²) in [6.07, 6.45) is 0. The van der Waals surface area contributed by atoms with Crippen molar-refractivity contribution in [1.82, 2.24) is 9.66 Å². The second-order valence-electron chi connectivity index (χ2n) is 6.08. The van der Waals surface area contributed by atoms with Crippen LogP contribution in [0.2, 0.25) is 0 Å². The lowest BCUT2D eigenvalue weighted by molar-refractivity contribution is -0.113. The van der Waals surface area contributed by atoms with Crippen molar-refractivity contribution in [3.8, 4) is 11.1 Å². The molecule has 3 N–H and O–H groups in total. The van der Waals surface area contributed by atoms with Crippen molar-refractivity contribution in [1.29, 1.82) is 0 Å². The lowest BCUT2D eigenvalue weighted by Gasteiger charge is -2.09. The second-order valence-corrected chi connectivity index (χ2v) is 8.74. The first kappa shape index (κ1) is 19.7. The molecule has 0 bridgehead atoms. The SMILES string of the molecule is Nn1c(SCC(=O)Nc2ccccc2Br)nc2scc(-c3ccccc3)c2c1=O. The van der Waals surface area contributed by atoms with Crippen LogP contribution in [0.5, 0.6) is 0 Å². The number of carbonyl (C=O) groups is 1. The summed E-state index contributed by atoms with van der Waals surface area (Å²) in [6, 6.07) is 17.0. The lowest BCUT2D eigenvalue weighted by Crippen LogP contribution is -2.30. The fourth-order valence-electron chi connectivity index (χ4n) is 2.80. The van der Waals surface area contributed by atoms with E-state index in [1.165, 1.54) is 11.3 Å². The van der Waals surface area contributed by atoms with Gasteiger partial charge in [-0.25, -0.2) is 9.66 Å². The van der Waals surface area contributed by atoms with Crippen molar-refractivity contribution in [2.24, 2.45) is 0 Å². The third-order valence-electron chi connectivity index (χ3n) is 4.17. The molecule has 0 aliphatic heterocycles. The van der Waals surface area contributed by atoms with Crippen LogP contribution in [0.1, 0.15) is 0 Å². The van der Waals surface area contributed by atoms with Gasteiger partial charge in [-0.15, -0.1) is 11.3 Å². The average Bonchev–Trinajstić information content (AvgIpc) is 3.16. The molecule has 9 heteroatoms. The summed E-state index contributed by atoms with van der Waals surface area (Å²) in [5.74, 6) is 5.87. The van der Waals surface area contributed by atoms with E-state index in [2.05, 4.69) is 26.2 Å². The largest absolute Gasteiger partial charge is 0.334 e. The number of amides is 1. The van der Waals surface area contributed by atoms with E-state index in [-0.39, 0.29) is 17.2 Å². The minimum Gasteiger partial charge on any atom is -0.334 e. The van der Waals surface area contributed by atoms with Crippen molar-refractivity contribution >= 4 is 60.8 Å². The van der Waals surface area contributed by atoms with Crippen molar-refractivity contribution < 1.29 is 4.79 Å². The van der Waals surface area contributed by atoms with Crippen molar-refractivity contribution in [3.05, 3.63) is 74.8 Å². The number of nitrogens with one attached hydrogen (secondary N) is 1. The summed E-state index contributed by atoms with van der Waals surface area (Å²) in [5, 5.41) is 5.51. The van der Waals surface area contributed by atoms with Gasteiger partial charge in [0.25, 0.3) is 5.56 Å². The third kappa shape index (κ3) is 4.07. The highest BCUT2D eigenvalue weighted by molar-refractivity contribution is 9.10. The topological polar surface area (TPSA) is 90.0 Å². The number of para-hydroxylation sites is 1. The highest BCUT2D eigenvalue weighted by Gasteiger charge is 2.17. The standard InChI is InChI=1S/C20H15BrN4O2S2/c21-14-8-4-5-9-15(14)23-16(26)11-29-20-24-18-17(19(27)25(20)22)13(10-28-18)12-6-2-1-3-7-12/h1-10H,11,22H2,(H,23,26). The number of anilines is 1. The molecule has 0 saturated heterocycles. The molecule has 0 radical (unpaired) electrons. The predicted molar refractivity (Wildman–Crippen MR) is 123 cm³/mol. The van der Waals surface area contributed by atoms with Crippen LogP contribution in [-0.4, -0.2) is 21.3 Å². The Hall–Kier alpha value is -2.62. The van der Waals surface area contributed by atoms with E-state index in [1.807, 2.05) is 53.9 Å². The number of halogens is 1. The first-order chi connectivity index (χ1) is 14.0. The van der Waals surface area contributed by atoms with Crippen LogP contribution in [0.3, 0.4) is 0 Å². The number of hydrogen-bond acceptors (Lipinski definition) is 6. The molecular formula is C20H15BrN4O2S2. The number of fused-ring (bicyclic) bond motifs is 1. The summed E-state index contributed by atoms with van der Waals surface area (Å²) in [6.45, 7) is 0. The van der Waals surface area contributed by atoms with E-state index in [0.29, 0.717) is 21.1 Å². The van der Waals surface area contributed by atoms with Crippen LogP contribution in [0, 0.1) is 0 Å². The van der Waals surface area contributed by atoms with Gasteiger partial charge in [0.05, 0.1) is 16.8 Å². The molecule has 4 aromatic rings. The predicted octanol–water partition coefficient (Wildman–Crippen LogP) is 4.33. The number of aromatic nitrogens is 2. The number of nitrogen functional groups attached to an aromatic ring is 1. The summed E-state index contributed by atoms with van der Waals surface area (Å²) in [7, 11) is 0. The quantitative estimate of drug-likeness (QED) is 0.249. The molecule has 0 spiro atoms. The monoisotopic (exact) mass is 486 g/mol. The second kappa shape index (κ2) is 8.40. The lowest BCUT2D eigenvalue weighted by atomic mass is 10.1. The van der Waals surface area contributed by atoms with Crippen LogP contribution in [0.4, 0.5) is 5.69 Å². The van der Waals surface area contributed by atoms with Gasteiger partial charge in [0, 0.05) is 15.4 Å². The van der Waals surface area contributed by atoms with Gasteiger partial charge in [0.2, 0.25) is 5.91 Å². The first-order valence-corrected chi connectivity index (χ1v) is 11.2. The summed E-state index contributed by atoms with van der Waals surface area (Å²) >= 11 is 5.90. The molecule has 0 atom stereocenters. The number of thioether (sulfide) groups is 1. The van der Waals surface area contributed by atoms with E-state index in [1.54, 1.807) is 6.07 Å². The van der Waals surface area contributed by atoms with Crippen LogP contribution >= 0.6 is 39.0 Å². The third-order valence-corrected chi connectivity index (χ3v) is 6.69. The van der Waals surface area contributed by atoms with Gasteiger partial charge in [-0.2, -0.15) is 0 Å². The first-order valence-electron chi connectivity index (χ1n) is 8.56. The van der Waals surface area contributed by atoms with E-state index in [0.717, 1.165) is 32.0 Å². The molecule has 2 heterocycles. The Labute approximate surface area is 182 Å². The van der Waals surface area contributed by atoms with E-state index in [4.69, 9.17) is 5.84 Å². The number of thiophene rings is 1. The fraction of sp³-hybridized carbons (Fsp3) is 0.0500. The Morgan fingerprint density at radius 1 is 1.17 bits per heavy atom. The number of benzene rings is 2. The van der Waals surface area contributed by atoms with Crippen LogP contribution in [0.25, 0.3) is 21.3 Å². The Kier molecular flexibility index (Phi) is 5.70. The molecule has 2 aromatic carbocycles.